The largest absolute Gasteiger partial charge is 0.493 e. The number of benzene rings is 1. The van der Waals surface area contributed by atoms with Crippen molar-refractivity contribution in [3.05, 3.63) is 17.7 Å². The maximum absolute atomic E-state index is 5.55. The smallest absolute Gasteiger partial charge is 0.203 e. The van der Waals surface area contributed by atoms with Crippen LogP contribution in [0.25, 0.3) is 0 Å². The summed E-state index contributed by atoms with van der Waals surface area (Å²) in [7, 11) is 6.69. The van der Waals surface area contributed by atoms with Gasteiger partial charge < -0.3 is 24.4 Å². The minimum atomic E-state index is 0. The van der Waals surface area contributed by atoms with E-state index in [1.54, 1.807) is 21.3 Å². The highest BCUT2D eigenvalue weighted by Gasteiger charge is 2.28. The molecule has 1 aliphatic heterocycles. The Morgan fingerprint density at radius 2 is 1.88 bits per heavy atom. The molecule has 1 aromatic carbocycles. The molecule has 26 heavy (non-hydrogen) atoms. The summed E-state index contributed by atoms with van der Waals surface area (Å²) in [4.78, 5) is 6.76. The summed E-state index contributed by atoms with van der Waals surface area (Å²) in [6.45, 7) is 7.11. The molecule has 0 atom stereocenters. The van der Waals surface area contributed by atoms with Crippen molar-refractivity contribution < 1.29 is 14.2 Å². The first kappa shape index (κ1) is 23.0. The van der Waals surface area contributed by atoms with E-state index in [0.29, 0.717) is 23.8 Å². The Kier molecular flexibility index (Phi) is 9.15. The number of nitrogens with zero attached hydrogens (tertiary/aromatic N) is 2. The Bertz CT molecular complexity index is 626. The molecule has 0 bridgehead atoms. The van der Waals surface area contributed by atoms with Crippen LogP contribution in [0.5, 0.6) is 17.2 Å². The molecule has 8 heteroatoms. The van der Waals surface area contributed by atoms with Gasteiger partial charge in [0.1, 0.15) is 0 Å². The lowest BCUT2D eigenvalue weighted by Gasteiger charge is -2.39. The highest BCUT2D eigenvalue weighted by Crippen LogP contribution is 2.39. The molecule has 2 rings (SSSR count). The normalized spacial score (nSPS) is 16.5. The maximum atomic E-state index is 5.55. The third kappa shape index (κ3) is 5.48. The fraction of sp³-hybridized carbons (Fsp3) is 0.611. The van der Waals surface area contributed by atoms with E-state index in [0.717, 1.165) is 30.4 Å². The van der Waals surface area contributed by atoms with Gasteiger partial charge in [-0.05, 0) is 26.0 Å². The minimum Gasteiger partial charge on any atom is -0.493 e. The van der Waals surface area contributed by atoms with E-state index in [2.05, 4.69) is 29.1 Å². The average Bonchev–Trinajstić information content (AvgIpc) is 2.60. The summed E-state index contributed by atoms with van der Waals surface area (Å²) in [5.41, 5.74) is 0.993. The summed E-state index contributed by atoms with van der Waals surface area (Å²) in [6.07, 6.45) is 0. The molecule has 0 aromatic heterocycles. The van der Waals surface area contributed by atoms with Gasteiger partial charge in [-0.2, -0.15) is 11.8 Å². The third-order valence-corrected chi connectivity index (χ3v) is 5.46. The molecule has 6 nitrogen and oxygen atoms in total. The first-order valence-electron chi connectivity index (χ1n) is 8.33. The van der Waals surface area contributed by atoms with Crippen molar-refractivity contribution in [1.82, 2.24) is 10.2 Å². The van der Waals surface area contributed by atoms with Crippen LogP contribution in [0.1, 0.15) is 19.4 Å². The minimum absolute atomic E-state index is 0. The van der Waals surface area contributed by atoms with Crippen molar-refractivity contribution in [2.24, 2.45) is 4.99 Å². The number of halogens is 1. The van der Waals surface area contributed by atoms with Gasteiger partial charge in [-0.15, -0.1) is 24.0 Å². The molecule has 1 fully saturated rings. The molecule has 0 saturated carbocycles. The second-order valence-corrected chi connectivity index (χ2v) is 8.23. The van der Waals surface area contributed by atoms with Crippen LogP contribution in [-0.2, 0) is 6.54 Å². The second-order valence-electron chi connectivity index (χ2n) is 6.42. The summed E-state index contributed by atoms with van der Waals surface area (Å²) >= 11 is 2.01. The van der Waals surface area contributed by atoms with E-state index in [9.17, 15) is 0 Å². The molecular weight excluding hydrogens is 465 g/mol. The lowest BCUT2D eigenvalue weighted by Crippen LogP contribution is -2.50. The lowest BCUT2D eigenvalue weighted by atomic mass is 10.1. The van der Waals surface area contributed by atoms with Crippen molar-refractivity contribution >= 4 is 41.7 Å². The number of methoxy groups -OCH3 is 3. The number of hydrogen-bond acceptors (Lipinski definition) is 5. The van der Waals surface area contributed by atoms with Gasteiger partial charge in [-0.1, -0.05) is 0 Å². The standard InChI is InChI=1S/C18H29N3O3S.HI/c1-18(2)12-21(9-10-25-18)17(19-3)20-11-13-7-8-14(22-4)16(24-6)15(13)23-5;/h7-8H,9-12H2,1-6H3,(H,19,20);1H. The van der Waals surface area contributed by atoms with Crippen molar-refractivity contribution in [2.75, 3.05) is 47.2 Å². The first-order chi connectivity index (χ1) is 12.0. The lowest BCUT2D eigenvalue weighted by molar-refractivity contribution is 0.321. The predicted molar refractivity (Wildman–Crippen MR) is 120 cm³/mol. The molecule has 0 spiro atoms. The Hall–Kier alpha value is -1.03. The van der Waals surface area contributed by atoms with Crippen molar-refractivity contribution in [1.29, 1.82) is 0 Å². The topological polar surface area (TPSA) is 55.3 Å². The third-order valence-electron chi connectivity index (χ3n) is 4.16. The average molecular weight is 495 g/mol. The molecule has 1 aliphatic rings. The summed E-state index contributed by atoms with van der Waals surface area (Å²) in [6, 6.07) is 3.87. The van der Waals surface area contributed by atoms with E-state index in [1.165, 1.54) is 0 Å². The van der Waals surface area contributed by atoms with Gasteiger partial charge in [0, 0.05) is 42.7 Å². The Labute approximate surface area is 178 Å². The van der Waals surface area contributed by atoms with Crippen LogP contribution in [0.15, 0.2) is 17.1 Å². The number of thioether (sulfide) groups is 1. The van der Waals surface area contributed by atoms with Gasteiger partial charge in [0.25, 0.3) is 0 Å². The highest BCUT2D eigenvalue weighted by atomic mass is 127. The molecule has 0 unspecified atom stereocenters. The van der Waals surface area contributed by atoms with Crippen molar-refractivity contribution in [2.45, 2.75) is 25.1 Å². The molecule has 0 aliphatic carbocycles. The maximum Gasteiger partial charge on any atom is 0.203 e. The Balaban J connectivity index is 0.00000338. The molecule has 148 valence electrons. The quantitative estimate of drug-likeness (QED) is 0.385. The molecule has 0 amide bonds. The zero-order valence-electron chi connectivity index (χ0n) is 16.4. The van der Waals surface area contributed by atoms with Crippen LogP contribution in [0.4, 0.5) is 0 Å². The number of aliphatic imine (C=N–C) groups is 1. The fourth-order valence-electron chi connectivity index (χ4n) is 3.01. The van der Waals surface area contributed by atoms with Gasteiger partial charge in [0.05, 0.1) is 21.3 Å². The van der Waals surface area contributed by atoms with Gasteiger partial charge in [0.15, 0.2) is 17.5 Å². The Morgan fingerprint density at radius 1 is 1.19 bits per heavy atom. The number of nitrogens with one attached hydrogen (secondary N) is 1. The summed E-state index contributed by atoms with van der Waals surface area (Å²) in [5.74, 6) is 3.95. The van der Waals surface area contributed by atoms with Gasteiger partial charge in [-0.25, -0.2) is 0 Å². The Morgan fingerprint density at radius 3 is 2.42 bits per heavy atom. The number of guanidine groups is 1. The monoisotopic (exact) mass is 495 g/mol. The predicted octanol–water partition coefficient (Wildman–Crippen LogP) is 3.23. The van der Waals surface area contributed by atoms with E-state index in [1.807, 2.05) is 30.9 Å². The number of ether oxygens (including phenoxy) is 3. The summed E-state index contributed by atoms with van der Waals surface area (Å²) in [5, 5.41) is 3.45. The van der Waals surface area contributed by atoms with Gasteiger partial charge in [0.2, 0.25) is 5.75 Å². The number of rotatable bonds is 5. The van der Waals surface area contributed by atoms with Gasteiger partial charge in [-0.3, -0.25) is 4.99 Å². The first-order valence-corrected chi connectivity index (χ1v) is 9.31. The zero-order valence-corrected chi connectivity index (χ0v) is 19.6. The molecule has 1 N–H and O–H groups in total. The highest BCUT2D eigenvalue weighted by molar-refractivity contribution is 14.0. The van der Waals surface area contributed by atoms with E-state index >= 15 is 0 Å². The molecular formula is C18H30IN3O3S. The van der Waals surface area contributed by atoms with Crippen LogP contribution in [0.2, 0.25) is 0 Å². The number of hydrogen-bond donors (Lipinski definition) is 1. The van der Waals surface area contributed by atoms with Crippen LogP contribution in [-0.4, -0.2) is 62.8 Å². The SMILES string of the molecule is CN=C(NCc1ccc(OC)c(OC)c1OC)N1CCSC(C)(C)C1.I. The van der Waals surface area contributed by atoms with Crippen LogP contribution in [0.3, 0.4) is 0 Å². The van der Waals surface area contributed by atoms with Crippen LogP contribution >= 0.6 is 35.7 Å². The van der Waals surface area contributed by atoms with Crippen molar-refractivity contribution in [3.8, 4) is 17.2 Å². The molecule has 1 saturated heterocycles. The van der Waals surface area contributed by atoms with E-state index in [-0.39, 0.29) is 28.7 Å². The van der Waals surface area contributed by atoms with Crippen LogP contribution in [0, 0.1) is 0 Å². The van der Waals surface area contributed by atoms with Crippen molar-refractivity contribution in [3.63, 3.8) is 0 Å². The molecule has 1 heterocycles. The van der Waals surface area contributed by atoms with E-state index < -0.39 is 0 Å². The van der Waals surface area contributed by atoms with Crippen LogP contribution < -0.4 is 19.5 Å². The van der Waals surface area contributed by atoms with Gasteiger partial charge >= 0.3 is 0 Å². The summed E-state index contributed by atoms with van der Waals surface area (Å²) < 4.78 is 16.6. The molecule has 0 radical (unpaired) electrons. The zero-order chi connectivity index (χ0) is 18.4. The fourth-order valence-corrected chi connectivity index (χ4v) is 4.12. The molecule has 1 aromatic rings. The second kappa shape index (κ2) is 10.3. The van der Waals surface area contributed by atoms with E-state index in [4.69, 9.17) is 14.2 Å².